The molecule has 1 aromatic heterocycles. The largest absolute Gasteiger partial charge is 0.460 e. The monoisotopic (exact) mass is 315 g/mol. The van der Waals surface area contributed by atoms with Crippen molar-refractivity contribution in [1.29, 1.82) is 0 Å². The van der Waals surface area contributed by atoms with Gasteiger partial charge in [-0.15, -0.1) is 0 Å². The summed E-state index contributed by atoms with van der Waals surface area (Å²) < 4.78 is 5.12. The van der Waals surface area contributed by atoms with Crippen LogP contribution in [0.3, 0.4) is 0 Å². The molecule has 1 heterocycles. The molecule has 0 spiro atoms. The van der Waals surface area contributed by atoms with Crippen molar-refractivity contribution in [2.45, 2.75) is 33.3 Å². The SMILES string of the molecule is Cc1n[nH]c(C)c1[C@H](C)C(=O)NCC(=O)OCc1ccccc1. The third-order valence-corrected chi connectivity index (χ3v) is 3.66. The van der Waals surface area contributed by atoms with E-state index in [0.29, 0.717) is 0 Å². The lowest BCUT2D eigenvalue weighted by Crippen LogP contribution is -2.33. The Labute approximate surface area is 135 Å². The van der Waals surface area contributed by atoms with Crippen molar-refractivity contribution in [3.8, 4) is 0 Å². The predicted octanol–water partition coefficient (Wildman–Crippen LogP) is 1.99. The number of H-pyrrole nitrogens is 1. The van der Waals surface area contributed by atoms with Crippen LogP contribution in [0.15, 0.2) is 30.3 Å². The lowest BCUT2D eigenvalue weighted by Gasteiger charge is -2.12. The zero-order valence-corrected chi connectivity index (χ0v) is 13.6. The van der Waals surface area contributed by atoms with Crippen LogP contribution in [0.25, 0.3) is 0 Å². The van der Waals surface area contributed by atoms with Crippen molar-refractivity contribution < 1.29 is 14.3 Å². The summed E-state index contributed by atoms with van der Waals surface area (Å²) in [5.41, 5.74) is 3.42. The van der Waals surface area contributed by atoms with E-state index in [2.05, 4.69) is 15.5 Å². The zero-order chi connectivity index (χ0) is 16.8. The normalized spacial score (nSPS) is 11.8. The molecule has 2 aromatic rings. The molecule has 2 N–H and O–H groups in total. The van der Waals surface area contributed by atoms with E-state index < -0.39 is 5.97 Å². The first-order valence-corrected chi connectivity index (χ1v) is 7.47. The first-order chi connectivity index (χ1) is 11.0. The van der Waals surface area contributed by atoms with Gasteiger partial charge in [0, 0.05) is 11.3 Å². The van der Waals surface area contributed by atoms with Crippen molar-refractivity contribution in [2.75, 3.05) is 6.54 Å². The second kappa shape index (κ2) is 7.58. The molecule has 23 heavy (non-hydrogen) atoms. The molecule has 0 radical (unpaired) electrons. The lowest BCUT2D eigenvalue weighted by molar-refractivity contribution is -0.145. The first kappa shape index (κ1) is 16.7. The molecule has 1 aromatic carbocycles. The summed E-state index contributed by atoms with van der Waals surface area (Å²) in [4.78, 5) is 23.9. The van der Waals surface area contributed by atoms with E-state index >= 15 is 0 Å². The van der Waals surface area contributed by atoms with Gasteiger partial charge in [-0.25, -0.2) is 0 Å². The van der Waals surface area contributed by atoms with Crippen molar-refractivity contribution >= 4 is 11.9 Å². The number of hydrogen-bond donors (Lipinski definition) is 2. The van der Waals surface area contributed by atoms with Gasteiger partial charge in [-0.2, -0.15) is 5.10 Å². The third-order valence-electron chi connectivity index (χ3n) is 3.66. The minimum Gasteiger partial charge on any atom is -0.460 e. The van der Waals surface area contributed by atoms with E-state index in [1.54, 1.807) is 6.92 Å². The number of carbonyl (C=O) groups excluding carboxylic acids is 2. The van der Waals surface area contributed by atoms with E-state index in [4.69, 9.17) is 4.74 Å². The first-order valence-electron chi connectivity index (χ1n) is 7.47. The van der Waals surface area contributed by atoms with Gasteiger partial charge in [-0.1, -0.05) is 30.3 Å². The van der Waals surface area contributed by atoms with Gasteiger partial charge in [0.2, 0.25) is 5.91 Å². The molecule has 122 valence electrons. The van der Waals surface area contributed by atoms with Crippen LogP contribution < -0.4 is 5.32 Å². The maximum atomic E-state index is 12.2. The predicted molar refractivity (Wildman–Crippen MR) is 85.7 cm³/mol. The number of ether oxygens (including phenoxy) is 1. The highest BCUT2D eigenvalue weighted by Crippen LogP contribution is 2.21. The van der Waals surface area contributed by atoms with Crippen molar-refractivity contribution in [2.24, 2.45) is 0 Å². The molecule has 0 saturated carbocycles. The fourth-order valence-electron chi connectivity index (χ4n) is 2.43. The quantitative estimate of drug-likeness (QED) is 0.799. The van der Waals surface area contributed by atoms with Crippen LogP contribution >= 0.6 is 0 Å². The van der Waals surface area contributed by atoms with Crippen molar-refractivity contribution in [1.82, 2.24) is 15.5 Å². The van der Waals surface area contributed by atoms with Gasteiger partial charge in [0.15, 0.2) is 0 Å². The second-order valence-electron chi connectivity index (χ2n) is 5.43. The van der Waals surface area contributed by atoms with E-state index in [1.807, 2.05) is 44.2 Å². The number of esters is 1. The Morgan fingerprint density at radius 2 is 1.96 bits per heavy atom. The molecule has 0 aliphatic rings. The van der Waals surface area contributed by atoms with Gasteiger partial charge < -0.3 is 10.1 Å². The van der Waals surface area contributed by atoms with E-state index in [-0.39, 0.29) is 25.0 Å². The number of benzene rings is 1. The summed E-state index contributed by atoms with van der Waals surface area (Å²) in [6.07, 6.45) is 0. The number of nitrogens with zero attached hydrogens (tertiary/aromatic N) is 1. The Balaban J connectivity index is 1.81. The molecule has 0 bridgehead atoms. The van der Waals surface area contributed by atoms with Crippen LogP contribution in [0, 0.1) is 13.8 Å². The highest BCUT2D eigenvalue weighted by molar-refractivity contribution is 5.87. The topological polar surface area (TPSA) is 84.1 Å². The summed E-state index contributed by atoms with van der Waals surface area (Å²) in [5, 5.41) is 9.54. The Kier molecular flexibility index (Phi) is 5.51. The van der Waals surface area contributed by atoms with Crippen LogP contribution in [-0.2, 0) is 20.9 Å². The van der Waals surface area contributed by atoms with Crippen LogP contribution in [-0.4, -0.2) is 28.6 Å². The number of rotatable bonds is 6. The number of hydrogen-bond acceptors (Lipinski definition) is 4. The van der Waals surface area contributed by atoms with Crippen molar-refractivity contribution in [3.63, 3.8) is 0 Å². The van der Waals surface area contributed by atoms with Gasteiger partial charge in [-0.3, -0.25) is 14.7 Å². The van der Waals surface area contributed by atoms with E-state index in [1.165, 1.54) is 0 Å². The number of carbonyl (C=O) groups is 2. The van der Waals surface area contributed by atoms with Gasteiger partial charge in [0.25, 0.3) is 0 Å². The smallest absolute Gasteiger partial charge is 0.325 e. The number of amides is 1. The van der Waals surface area contributed by atoms with E-state index in [0.717, 1.165) is 22.5 Å². The van der Waals surface area contributed by atoms with Crippen LogP contribution in [0.2, 0.25) is 0 Å². The molecule has 2 rings (SSSR count). The molecule has 0 fully saturated rings. The summed E-state index contributed by atoms with van der Waals surface area (Å²) in [5.74, 6) is -1.07. The average Bonchev–Trinajstić information content (AvgIpc) is 2.89. The molecule has 0 aliphatic carbocycles. The number of aromatic amines is 1. The summed E-state index contributed by atoms with van der Waals surface area (Å²) in [6.45, 7) is 5.55. The maximum Gasteiger partial charge on any atom is 0.325 e. The van der Waals surface area contributed by atoms with Crippen LogP contribution in [0.1, 0.15) is 35.4 Å². The van der Waals surface area contributed by atoms with Crippen molar-refractivity contribution in [3.05, 3.63) is 52.8 Å². The Hall–Kier alpha value is -2.63. The zero-order valence-electron chi connectivity index (χ0n) is 13.6. The van der Waals surface area contributed by atoms with Gasteiger partial charge in [0.05, 0.1) is 11.6 Å². The third kappa shape index (κ3) is 4.42. The highest BCUT2D eigenvalue weighted by Gasteiger charge is 2.21. The Bertz CT molecular complexity index is 660. The summed E-state index contributed by atoms with van der Waals surface area (Å²) in [7, 11) is 0. The van der Waals surface area contributed by atoms with Gasteiger partial charge in [0.1, 0.15) is 13.2 Å². The molecule has 0 unspecified atom stereocenters. The number of aryl methyl sites for hydroxylation is 2. The average molecular weight is 315 g/mol. The molecule has 6 nitrogen and oxygen atoms in total. The highest BCUT2D eigenvalue weighted by atomic mass is 16.5. The Morgan fingerprint density at radius 3 is 2.57 bits per heavy atom. The minimum absolute atomic E-state index is 0.147. The van der Waals surface area contributed by atoms with Crippen LogP contribution in [0.4, 0.5) is 0 Å². The fourth-order valence-corrected chi connectivity index (χ4v) is 2.43. The molecule has 0 aliphatic heterocycles. The number of aromatic nitrogens is 2. The van der Waals surface area contributed by atoms with Crippen LogP contribution in [0.5, 0.6) is 0 Å². The molecule has 1 atom stereocenters. The Morgan fingerprint density at radius 1 is 1.26 bits per heavy atom. The molecular formula is C17H21N3O3. The minimum atomic E-state index is -0.463. The standard InChI is InChI=1S/C17H21N3O3/c1-11(16-12(2)19-20-13(16)3)17(22)18-9-15(21)23-10-14-7-5-4-6-8-14/h4-8,11H,9-10H2,1-3H3,(H,18,22)(H,19,20)/t11-/m0/s1. The molecule has 6 heteroatoms. The second-order valence-corrected chi connectivity index (χ2v) is 5.43. The number of nitrogens with one attached hydrogen (secondary N) is 2. The molecular weight excluding hydrogens is 294 g/mol. The van der Waals surface area contributed by atoms with Gasteiger partial charge >= 0.3 is 5.97 Å². The van der Waals surface area contributed by atoms with E-state index in [9.17, 15) is 9.59 Å². The maximum absolute atomic E-state index is 12.2. The van der Waals surface area contributed by atoms with Gasteiger partial charge in [-0.05, 0) is 26.3 Å². The molecule has 1 amide bonds. The molecule has 0 saturated heterocycles. The lowest BCUT2D eigenvalue weighted by atomic mass is 9.98. The summed E-state index contributed by atoms with van der Waals surface area (Å²) >= 11 is 0. The fraction of sp³-hybridized carbons (Fsp3) is 0.353. The summed E-state index contributed by atoms with van der Waals surface area (Å²) in [6, 6.07) is 9.40.